The average Bonchev–Trinajstić information content (AvgIpc) is 2.88. The van der Waals surface area contributed by atoms with E-state index in [0.29, 0.717) is 6.54 Å². The molecule has 0 amide bonds. The van der Waals surface area contributed by atoms with E-state index >= 15 is 0 Å². The number of anilines is 1. The van der Waals surface area contributed by atoms with Crippen molar-refractivity contribution in [1.29, 1.82) is 0 Å². The maximum atomic E-state index is 5.90. The van der Waals surface area contributed by atoms with Gasteiger partial charge in [0, 0.05) is 33.0 Å². The van der Waals surface area contributed by atoms with Crippen molar-refractivity contribution in [2.24, 2.45) is 0 Å². The van der Waals surface area contributed by atoms with Crippen molar-refractivity contribution in [3.8, 4) is 0 Å². The van der Waals surface area contributed by atoms with Gasteiger partial charge in [-0.05, 0) is 34.1 Å². The molecule has 1 N–H and O–H groups in total. The van der Waals surface area contributed by atoms with E-state index in [4.69, 9.17) is 11.6 Å². The van der Waals surface area contributed by atoms with Crippen molar-refractivity contribution in [3.05, 3.63) is 51.2 Å². The van der Waals surface area contributed by atoms with Gasteiger partial charge in [-0.25, -0.2) is 4.98 Å². The first-order valence-electron chi connectivity index (χ1n) is 5.32. The summed E-state index contributed by atoms with van der Waals surface area (Å²) in [7, 11) is 0. The van der Waals surface area contributed by atoms with Gasteiger partial charge in [-0.15, -0.1) is 11.3 Å². The molecule has 0 aliphatic heterocycles. The van der Waals surface area contributed by atoms with E-state index in [1.165, 1.54) is 0 Å². The van der Waals surface area contributed by atoms with Gasteiger partial charge in [0.25, 0.3) is 0 Å². The van der Waals surface area contributed by atoms with Crippen molar-refractivity contribution in [1.82, 2.24) is 9.38 Å². The topological polar surface area (TPSA) is 29.3 Å². The fourth-order valence-electron chi connectivity index (χ4n) is 1.68. The average molecular weight is 343 g/mol. The number of rotatable bonds is 3. The molecule has 0 saturated carbocycles. The molecule has 3 aromatic rings. The van der Waals surface area contributed by atoms with Gasteiger partial charge in [-0.1, -0.05) is 11.6 Å². The molecule has 2 heterocycles. The second-order valence-corrected chi connectivity index (χ2v) is 5.97. The van der Waals surface area contributed by atoms with Crippen LogP contribution in [0.5, 0.6) is 0 Å². The normalized spacial score (nSPS) is 11.0. The number of nitrogens with one attached hydrogen (secondary N) is 1. The van der Waals surface area contributed by atoms with Crippen LogP contribution in [0.4, 0.5) is 5.69 Å². The Kier molecular flexibility index (Phi) is 3.28. The van der Waals surface area contributed by atoms with Crippen LogP contribution in [0, 0.1) is 0 Å². The van der Waals surface area contributed by atoms with Gasteiger partial charge < -0.3 is 5.32 Å². The lowest BCUT2D eigenvalue weighted by atomic mass is 10.3. The standard InChI is InChI=1S/C12H9BrClN3S/c13-10-5-8(14)1-2-11(10)15-6-9-7-17-3-4-18-12(17)16-9/h1-5,7,15H,6H2. The Balaban J connectivity index is 1.76. The lowest BCUT2D eigenvalue weighted by Gasteiger charge is -2.06. The predicted molar refractivity (Wildman–Crippen MR) is 79.5 cm³/mol. The fraction of sp³-hybridized carbons (Fsp3) is 0.0833. The summed E-state index contributed by atoms with van der Waals surface area (Å²) >= 11 is 11.0. The number of fused-ring (bicyclic) bond motifs is 1. The third-order valence-corrected chi connectivity index (χ3v) is 4.20. The van der Waals surface area contributed by atoms with Crippen molar-refractivity contribution in [3.63, 3.8) is 0 Å². The van der Waals surface area contributed by atoms with Crippen LogP contribution in [0.1, 0.15) is 5.69 Å². The summed E-state index contributed by atoms with van der Waals surface area (Å²) in [5.74, 6) is 0. The zero-order valence-electron chi connectivity index (χ0n) is 9.23. The number of halogens is 2. The van der Waals surface area contributed by atoms with E-state index in [1.54, 1.807) is 11.3 Å². The van der Waals surface area contributed by atoms with Crippen molar-refractivity contribution in [2.75, 3.05) is 5.32 Å². The predicted octanol–water partition coefficient (Wildman–Crippen LogP) is 4.42. The van der Waals surface area contributed by atoms with Gasteiger partial charge in [0.15, 0.2) is 4.96 Å². The summed E-state index contributed by atoms with van der Waals surface area (Å²) in [6.45, 7) is 0.689. The number of imidazole rings is 1. The summed E-state index contributed by atoms with van der Waals surface area (Å²) in [6.07, 6.45) is 4.04. The smallest absolute Gasteiger partial charge is 0.193 e. The van der Waals surface area contributed by atoms with Gasteiger partial charge >= 0.3 is 0 Å². The molecule has 0 atom stereocenters. The van der Waals surface area contributed by atoms with Gasteiger partial charge in [-0.3, -0.25) is 4.40 Å². The molecule has 0 fully saturated rings. The van der Waals surface area contributed by atoms with E-state index in [-0.39, 0.29) is 0 Å². The van der Waals surface area contributed by atoms with Crippen LogP contribution in [-0.4, -0.2) is 9.38 Å². The van der Waals surface area contributed by atoms with Crippen LogP contribution in [0.2, 0.25) is 5.02 Å². The second kappa shape index (κ2) is 4.91. The minimum absolute atomic E-state index is 0.689. The minimum atomic E-state index is 0.689. The molecule has 6 heteroatoms. The highest BCUT2D eigenvalue weighted by Crippen LogP contribution is 2.26. The Hall–Kier alpha value is -1.04. The lowest BCUT2D eigenvalue weighted by molar-refractivity contribution is 1.08. The summed E-state index contributed by atoms with van der Waals surface area (Å²) < 4.78 is 2.98. The first-order chi connectivity index (χ1) is 8.72. The number of hydrogen-bond acceptors (Lipinski definition) is 3. The number of nitrogens with zero attached hydrogens (tertiary/aromatic N) is 2. The molecule has 2 aromatic heterocycles. The van der Waals surface area contributed by atoms with E-state index in [1.807, 2.05) is 40.4 Å². The zero-order chi connectivity index (χ0) is 12.5. The highest BCUT2D eigenvalue weighted by molar-refractivity contribution is 9.10. The van der Waals surface area contributed by atoms with Crippen molar-refractivity contribution < 1.29 is 0 Å². The SMILES string of the molecule is Clc1ccc(NCc2cn3ccsc3n2)c(Br)c1. The van der Waals surface area contributed by atoms with Crippen LogP contribution >= 0.6 is 38.9 Å². The number of thiazole rings is 1. The monoisotopic (exact) mass is 341 g/mol. The molecule has 3 rings (SSSR count). The van der Waals surface area contributed by atoms with E-state index < -0.39 is 0 Å². The molecule has 1 aromatic carbocycles. The zero-order valence-corrected chi connectivity index (χ0v) is 12.4. The Labute approximate surface area is 122 Å². The molecular weight excluding hydrogens is 334 g/mol. The summed E-state index contributed by atoms with van der Waals surface area (Å²) in [6, 6.07) is 5.68. The van der Waals surface area contributed by atoms with Crippen LogP contribution in [0.15, 0.2) is 40.4 Å². The summed E-state index contributed by atoms with van der Waals surface area (Å²) in [4.78, 5) is 5.53. The molecule has 0 spiro atoms. The van der Waals surface area contributed by atoms with E-state index in [2.05, 4.69) is 26.2 Å². The third-order valence-electron chi connectivity index (χ3n) is 2.53. The minimum Gasteiger partial charge on any atom is -0.378 e. The van der Waals surface area contributed by atoms with Crippen LogP contribution in [0.25, 0.3) is 4.96 Å². The molecule has 0 aliphatic carbocycles. The summed E-state index contributed by atoms with van der Waals surface area (Å²) in [5, 5.41) is 6.07. The molecule has 0 unspecified atom stereocenters. The largest absolute Gasteiger partial charge is 0.378 e. The van der Waals surface area contributed by atoms with E-state index in [0.717, 1.165) is 25.8 Å². The molecular formula is C12H9BrClN3S. The fourth-order valence-corrected chi connectivity index (χ4v) is 3.22. The highest BCUT2D eigenvalue weighted by Gasteiger charge is 2.04. The maximum Gasteiger partial charge on any atom is 0.193 e. The summed E-state index contributed by atoms with van der Waals surface area (Å²) in [5.41, 5.74) is 2.03. The highest BCUT2D eigenvalue weighted by atomic mass is 79.9. The van der Waals surface area contributed by atoms with Gasteiger partial charge in [-0.2, -0.15) is 0 Å². The third kappa shape index (κ3) is 2.39. The number of benzene rings is 1. The van der Waals surface area contributed by atoms with Gasteiger partial charge in [0.1, 0.15) is 0 Å². The Morgan fingerprint density at radius 1 is 1.44 bits per heavy atom. The quantitative estimate of drug-likeness (QED) is 0.763. The maximum absolute atomic E-state index is 5.90. The first kappa shape index (κ1) is 12.0. The Morgan fingerprint density at radius 3 is 3.11 bits per heavy atom. The number of aromatic nitrogens is 2. The number of hydrogen-bond donors (Lipinski definition) is 1. The molecule has 3 nitrogen and oxygen atoms in total. The second-order valence-electron chi connectivity index (χ2n) is 3.80. The van der Waals surface area contributed by atoms with Gasteiger partial charge in [0.2, 0.25) is 0 Å². The van der Waals surface area contributed by atoms with Gasteiger partial charge in [0.05, 0.1) is 12.2 Å². The van der Waals surface area contributed by atoms with Crippen LogP contribution in [0.3, 0.4) is 0 Å². The molecule has 18 heavy (non-hydrogen) atoms. The first-order valence-corrected chi connectivity index (χ1v) is 7.37. The van der Waals surface area contributed by atoms with Crippen molar-refractivity contribution in [2.45, 2.75) is 6.54 Å². The molecule has 92 valence electrons. The van der Waals surface area contributed by atoms with Crippen molar-refractivity contribution >= 4 is 49.5 Å². The molecule has 0 aliphatic rings. The van der Waals surface area contributed by atoms with E-state index in [9.17, 15) is 0 Å². The van der Waals surface area contributed by atoms with Crippen LogP contribution < -0.4 is 5.32 Å². The van der Waals surface area contributed by atoms with Crippen LogP contribution in [-0.2, 0) is 6.54 Å². The molecule has 0 radical (unpaired) electrons. The lowest BCUT2D eigenvalue weighted by Crippen LogP contribution is -2.00. The Morgan fingerprint density at radius 2 is 2.33 bits per heavy atom. The molecule has 0 bridgehead atoms. The Bertz CT molecular complexity index is 663. The molecule has 0 saturated heterocycles.